The lowest BCUT2D eigenvalue weighted by molar-refractivity contribution is -0.114. The molecule has 0 spiro atoms. The van der Waals surface area contributed by atoms with E-state index in [4.69, 9.17) is 4.74 Å². The van der Waals surface area contributed by atoms with Crippen molar-refractivity contribution in [3.8, 4) is 0 Å². The molecule has 0 aliphatic carbocycles. The minimum Gasteiger partial charge on any atom is -0.462 e. The van der Waals surface area contributed by atoms with Gasteiger partial charge in [0.1, 0.15) is 0 Å². The minimum atomic E-state index is -3.85. The Balaban J connectivity index is 2.37. The Labute approximate surface area is 159 Å². The van der Waals surface area contributed by atoms with Gasteiger partial charge in [0.05, 0.1) is 22.8 Å². The first-order valence-corrected chi connectivity index (χ1v) is 9.75. The summed E-state index contributed by atoms with van der Waals surface area (Å²) in [7, 11) is -2.42. The molecule has 0 aliphatic rings. The van der Waals surface area contributed by atoms with Crippen molar-refractivity contribution in [3.05, 3.63) is 53.6 Å². The Bertz CT molecular complexity index is 953. The van der Waals surface area contributed by atoms with Crippen molar-refractivity contribution in [3.63, 3.8) is 0 Å². The second kappa shape index (κ2) is 8.22. The van der Waals surface area contributed by atoms with E-state index in [9.17, 15) is 18.0 Å². The number of hydrogen-bond acceptors (Lipinski definition) is 5. The number of carbonyl (C=O) groups is 2. The molecule has 0 heterocycles. The summed E-state index contributed by atoms with van der Waals surface area (Å²) in [6.07, 6.45) is 0. The van der Waals surface area contributed by atoms with Gasteiger partial charge in [0.15, 0.2) is 0 Å². The third-order valence-corrected chi connectivity index (χ3v) is 5.68. The van der Waals surface area contributed by atoms with Crippen molar-refractivity contribution >= 4 is 33.3 Å². The van der Waals surface area contributed by atoms with Gasteiger partial charge in [-0.2, -0.15) is 0 Å². The molecule has 2 aromatic carbocycles. The second-order valence-electron chi connectivity index (χ2n) is 5.90. The second-order valence-corrected chi connectivity index (χ2v) is 7.87. The molecule has 0 atom stereocenters. The predicted molar refractivity (Wildman–Crippen MR) is 103 cm³/mol. The fraction of sp³-hybridized carbons (Fsp3) is 0.263. The average Bonchev–Trinajstić information content (AvgIpc) is 2.61. The van der Waals surface area contributed by atoms with E-state index in [0.29, 0.717) is 16.9 Å². The third-order valence-electron chi connectivity index (χ3n) is 3.89. The maximum atomic E-state index is 12.9. The zero-order chi connectivity index (χ0) is 20.2. The molecule has 0 unspecified atom stereocenters. The van der Waals surface area contributed by atoms with Crippen molar-refractivity contribution in [2.75, 3.05) is 23.3 Å². The van der Waals surface area contributed by atoms with Gasteiger partial charge in [0, 0.05) is 19.7 Å². The summed E-state index contributed by atoms with van der Waals surface area (Å²) in [5.74, 6) is -0.752. The van der Waals surface area contributed by atoms with Gasteiger partial charge in [0.25, 0.3) is 10.0 Å². The van der Waals surface area contributed by atoms with Crippen LogP contribution in [0.1, 0.15) is 29.8 Å². The highest BCUT2D eigenvalue weighted by Crippen LogP contribution is 2.27. The maximum absolute atomic E-state index is 12.9. The summed E-state index contributed by atoms with van der Waals surface area (Å²) in [6.45, 7) is 5.07. The molecule has 144 valence electrons. The highest BCUT2D eigenvalue weighted by Gasteiger charge is 2.23. The van der Waals surface area contributed by atoms with Crippen molar-refractivity contribution in [1.82, 2.24) is 0 Å². The van der Waals surface area contributed by atoms with E-state index in [2.05, 4.69) is 5.32 Å². The predicted octanol–water partition coefficient (Wildman–Crippen LogP) is 2.96. The van der Waals surface area contributed by atoms with Gasteiger partial charge in [-0.1, -0.05) is 6.07 Å². The summed E-state index contributed by atoms with van der Waals surface area (Å²) in [5.41, 5.74) is 1.86. The number of sulfonamides is 1. The molecular formula is C19H22N2O5S. The molecule has 0 bridgehead atoms. The van der Waals surface area contributed by atoms with Crippen molar-refractivity contribution in [2.24, 2.45) is 0 Å². The van der Waals surface area contributed by atoms with Crippen molar-refractivity contribution < 1.29 is 22.7 Å². The molecular weight excluding hydrogens is 368 g/mol. The van der Waals surface area contributed by atoms with E-state index in [1.54, 1.807) is 26.0 Å². The van der Waals surface area contributed by atoms with Crippen LogP contribution in [0.2, 0.25) is 0 Å². The Hall–Kier alpha value is -2.87. The van der Waals surface area contributed by atoms with E-state index < -0.39 is 16.0 Å². The van der Waals surface area contributed by atoms with E-state index >= 15 is 0 Å². The van der Waals surface area contributed by atoms with Crippen LogP contribution in [0.5, 0.6) is 0 Å². The number of carbonyl (C=O) groups excluding carboxylic acids is 2. The zero-order valence-electron chi connectivity index (χ0n) is 15.6. The van der Waals surface area contributed by atoms with E-state index in [-0.39, 0.29) is 23.0 Å². The largest absolute Gasteiger partial charge is 0.462 e. The van der Waals surface area contributed by atoms with Crippen LogP contribution in [-0.2, 0) is 19.6 Å². The molecule has 0 radical (unpaired) electrons. The first kappa shape index (κ1) is 20.4. The van der Waals surface area contributed by atoms with Gasteiger partial charge >= 0.3 is 5.97 Å². The van der Waals surface area contributed by atoms with Crippen LogP contribution >= 0.6 is 0 Å². The van der Waals surface area contributed by atoms with Crippen LogP contribution in [0.15, 0.2) is 47.4 Å². The number of nitrogens with one attached hydrogen (secondary N) is 1. The smallest absolute Gasteiger partial charge is 0.338 e. The highest BCUT2D eigenvalue weighted by molar-refractivity contribution is 7.92. The molecule has 0 saturated heterocycles. The third kappa shape index (κ3) is 4.65. The SMILES string of the molecule is CCOC(=O)c1ccc(C)c(N(C)S(=O)(=O)c2ccc(NC(C)=O)cc2)c1. The Morgan fingerprint density at radius 3 is 2.30 bits per heavy atom. The molecule has 0 saturated carbocycles. The van der Waals surface area contributed by atoms with Gasteiger partial charge in [-0.15, -0.1) is 0 Å². The quantitative estimate of drug-likeness (QED) is 0.766. The standard InChI is InChI=1S/C19H22N2O5S/c1-5-26-19(23)15-7-6-13(2)18(12-15)21(4)27(24,25)17-10-8-16(9-11-17)20-14(3)22/h6-12H,5H2,1-4H3,(H,20,22). The van der Waals surface area contributed by atoms with Crippen LogP contribution in [0.4, 0.5) is 11.4 Å². The van der Waals surface area contributed by atoms with Crippen LogP contribution in [-0.4, -0.2) is 33.9 Å². The van der Waals surface area contributed by atoms with E-state index in [1.165, 1.54) is 44.3 Å². The van der Waals surface area contributed by atoms with Gasteiger partial charge in [0.2, 0.25) is 5.91 Å². The monoisotopic (exact) mass is 390 g/mol. The maximum Gasteiger partial charge on any atom is 0.338 e. The molecule has 27 heavy (non-hydrogen) atoms. The summed E-state index contributed by atoms with van der Waals surface area (Å²) >= 11 is 0. The summed E-state index contributed by atoms with van der Waals surface area (Å²) < 4.78 is 32.0. The molecule has 1 amide bonds. The Morgan fingerprint density at radius 1 is 1.11 bits per heavy atom. The lowest BCUT2D eigenvalue weighted by atomic mass is 10.1. The fourth-order valence-corrected chi connectivity index (χ4v) is 3.74. The van der Waals surface area contributed by atoms with Crippen LogP contribution < -0.4 is 9.62 Å². The number of benzene rings is 2. The molecule has 0 aliphatic heterocycles. The molecule has 7 nitrogen and oxygen atoms in total. The fourth-order valence-electron chi connectivity index (χ4n) is 2.49. The first-order valence-electron chi connectivity index (χ1n) is 8.31. The van der Waals surface area contributed by atoms with Crippen LogP contribution in [0, 0.1) is 6.92 Å². The van der Waals surface area contributed by atoms with Crippen molar-refractivity contribution in [1.29, 1.82) is 0 Å². The van der Waals surface area contributed by atoms with Crippen LogP contribution in [0.3, 0.4) is 0 Å². The van der Waals surface area contributed by atoms with Gasteiger partial charge in [-0.05, 0) is 55.8 Å². The topological polar surface area (TPSA) is 92.8 Å². The Kier molecular flexibility index (Phi) is 6.22. The molecule has 8 heteroatoms. The van der Waals surface area contributed by atoms with Crippen LogP contribution in [0.25, 0.3) is 0 Å². The number of aryl methyl sites for hydroxylation is 1. The number of esters is 1. The van der Waals surface area contributed by atoms with E-state index in [0.717, 1.165) is 4.31 Å². The van der Waals surface area contributed by atoms with Gasteiger partial charge in [-0.25, -0.2) is 13.2 Å². The van der Waals surface area contributed by atoms with E-state index in [1.807, 2.05) is 0 Å². The summed E-state index contributed by atoms with van der Waals surface area (Å²) in [5, 5.41) is 2.59. The normalized spacial score (nSPS) is 11.0. The number of ether oxygens (including phenoxy) is 1. The molecule has 0 aromatic heterocycles. The number of amides is 1. The number of anilines is 2. The molecule has 2 rings (SSSR count). The lowest BCUT2D eigenvalue weighted by Gasteiger charge is -2.22. The minimum absolute atomic E-state index is 0.0695. The number of rotatable bonds is 6. The zero-order valence-corrected chi connectivity index (χ0v) is 16.5. The molecule has 1 N–H and O–H groups in total. The number of hydrogen-bond donors (Lipinski definition) is 1. The number of nitrogens with zero attached hydrogens (tertiary/aromatic N) is 1. The Morgan fingerprint density at radius 2 is 1.74 bits per heavy atom. The van der Waals surface area contributed by atoms with Gasteiger partial charge < -0.3 is 10.1 Å². The summed E-state index contributed by atoms with van der Waals surface area (Å²) in [4.78, 5) is 23.1. The van der Waals surface area contributed by atoms with Gasteiger partial charge in [-0.3, -0.25) is 9.10 Å². The average molecular weight is 390 g/mol. The first-order chi connectivity index (χ1) is 12.7. The van der Waals surface area contributed by atoms with Crippen molar-refractivity contribution in [2.45, 2.75) is 25.7 Å². The highest BCUT2D eigenvalue weighted by atomic mass is 32.2. The summed E-state index contributed by atoms with van der Waals surface area (Å²) in [6, 6.07) is 10.6. The molecule has 0 fully saturated rings. The molecule has 2 aromatic rings. The lowest BCUT2D eigenvalue weighted by Crippen LogP contribution is -2.27.